The second kappa shape index (κ2) is 6.05. The van der Waals surface area contributed by atoms with Crippen molar-refractivity contribution in [2.24, 2.45) is 0 Å². The zero-order chi connectivity index (χ0) is 14.7. The number of furan rings is 1. The highest BCUT2D eigenvalue weighted by atomic mass is 32.2. The average Bonchev–Trinajstić information content (AvgIpc) is 3.13. The second-order valence-electron chi connectivity index (χ2n) is 4.62. The predicted molar refractivity (Wildman–Crippen MR) is 82.0 cm³/mol. The summed E-state index contributed by atoms with van der Waals surface area (Å²) in [6.45, 7) is 2.26. The van der Waals surface area contributed by atoms with Crippen LogP contribution in [0.15, 0.2) is 52.2 Å². The van der Waals surface area contributed by atoms with Crippen LogP contribution in [0.3, 0.4) is 0 Å². The number of carbonyl (C=O) groups excluding carboxylic acids is 1. The summed E-state index contributed by atoms with van der Waals surface area (Å²) in [6.07, 6.45) is 1.59. The molecule has 1 aromatic carbocycles. The number of imidazole rings is 1. The topological polar surface area (TPSA) is 70.9 Å². The van der Waals surface area contributed by atoms with Gasteiger partial charge < -0.3 is 14.7 Å². The number of aromatic nitrogens is 2. The first-order chi connectivity index (χ1) is 10.2. The smallest absolute Gasteiger partial charge is 0.233 e. The Bertz CT molecular complexity index is 703. The summed E-state index contributed by atoms with van der Waals surface area (Å²) in [6, 6.07) is 11.4. The van der Waals surface area contributed by atoms with Crippen LogP contribution in [0, 0.1) is 0 Å². The lowest BCUT2D eigenvalue weighted by atomic mass is 10.3. The number of thioether (sulfide) groups is 1. The molecule has 6 heteroatoms. The van der Waals surface area contributed by atoms with E-state index in [0.717, 1.165) is 22.0 Å². The van der Waals surface area contributed by atoms with E-state index in [1.165, 1.54) is 11.8 Å². The van der Waals surface area contributed by atoms with E-state index < -0.39 is 0 Å². The van der Waals surface area contributed by atoms with Crippen LogP contribution in [0.5, 0.6) is 0 Å². The number of hydrogen-bond acceptors (Lipinski definition) is 4. The van der Waals surface area contributed by atoms with Crippen LogP contribution in [-0.2, 0) is 11.3 Å². The van der Waals surface area contributed by atoms with Gasteiger partial charge in [0.25, 0.3) is 0 Å². The monoisotopic (exact) mass is 301 g/mol. The molecule has 0 unspecified atom stereocenters. The van der Waals surface area contributed by atoms with E-state index >= 15 is 0 Å². The molecule has 3 rings (SSSR count). The van der Waals surface area contributed by atoms with Crippen LogP contribution in [-0.4, -0.2) is 21.1 Å². The van der Waals surface area contributed by atoms with Gasteiger partial charge in [-0.1, -0.05) is 23.9 Å². The molecule has 2 aromatic heterocycles. The number of nitrogens with zero attached hydrogens (tertiary/aromatic N) is 1. The highest BCUT2D eigenvalue weighted by molar-refractivity contribution is 8.00. The van der Waals surface area contributed by atoms with E-state index in [4.69, 9.17) is 4.42 Å². The first kappa shape index (κ1) is 13.8. The normalized spacial score (nSPS) is 12.4. The summed E-state index contributed by atoms with van der Waals surface area (Å²) in [7, 11) is 0. The zero-order valence-corrected chi connectivity index (χ0v) is 12.3. The van der Waals surface area contributed by atoms with Crippen molar-refractivity contribution in [3.05, 3.63) is 48.4 Å². The lowest BCUT2D eigenvalue weighted by Gasteiger charge is -2.09. The fraction of sp³-hybridized carbons (Fsp3) is 0.200. The molecule has 21 heavy (non-hydrogen) atoms. The summed E-state index contributed by atoms with van der Waals surface area (Å²) in [5.41, 5.74) is 1.88. The summed E-state index contributed by atoms with van der Waals surface area (Å²) < 4.78 is 5.18. The predicted octanol–water partition coefficient (Wildman–Crippen LogP) is 2.95. The maximum atomic E-state index is 12.0. The molecule has 0 saturated heterocycles. The lowest BCUT2D eigenvalue weighted by Crippen LogP contribution is -2.30. The van der Waals surface area contributed by atoms with E-state index in [2.05, 4.69) is 15.3 Å². The molecule has 0 fully saturated rings. The fourth-order valence-electron chi connectivity index (χ4n) is 1.94. The largest absolute Gasteiger partial charge is 0.467 e. The molecular formula is C15H15N3O2S. The summed E-state index contributed by atoms with van der Waals surface area (Å²) in [4.78, 5) is 19.7. The van der Waals surface area contributed by atoms with E-state index in [-0.39, 0.29) is 11.2 Å². The Morgan fingerprint density at radius 3 is 3.00 bits per heavy atom. The van der Waals surface area contributed by atoms with E-state index in [1.807, 2.05) is 37.3 Å². The molecule has 0 saturated carbocycles. The van der Waals surface area contributed by atoms with Gasteiger partial charge in [0.05, 0.1) is 29.1 Å². The molecule has 0 aliphatic rings. The molecule has 0 aliphatic heterocycles. The van der Waals surface area contributed by atoms with Crippen molar-refractivity contribution < 1.29 is 9.21 Å². The van der Waals surface area contributed by atoms with Crippen molar-refractivity contribution in [3.8, 4) is 0 Å². The Balaban J connectivity index is 1.59. The van der Waals surface area contributed by atoms with Gasteiger partial charge in [0.2, 0.25) is 5.91 Å². The molecule has 2 heterocycles. The first-order valence-electron chi connectivity index (χ1n) is 6.64. The van der Waals surface area contributed by atoms with Gasteiger partial charge in [0.15, 0.2) is 5.16 Å². The number of carbonyl (C=O) groups is 1. The van der Waals surface area contributed by atoms with Crippen molar-refractivity contribution in [2.75, 3.05) is 0 Å². The number of benzene rings is 1. The molecule has 5 nitrogen and oxygen atoms in total. The van der Waals surface area contributed by atoms with Gasteiger partial charge in [-0.05, 0) is 31.2 Å². The lowest BCUT2D eigenvalue weighted by molar-refractivity contribution is -0.120. The summed E-state index contributed by atoms with van der Waals surface area (Å²) in [5, 5.41) is 3.36. The number of rotatable bonds is 5. The van der Waals surface area contributed by atoms with Crippen LogP contribution in [0.4, 0.5) is 0 Å². The van der Waals surface area contributed by atoms with Gasteiger partial charge in [0.1, 0.15) is 5.76 Å². The van der Waals surface area contributed by atoms with Crippen LogP contribution in [0.1, 0.15) is 12.7 Å². The fourth-order valence-corrected chi connectivity index (χ4v) is 2.78. The minimum absolute atomic E-state index is 0.0446. The number of para-hydroxylation sites is 2. The number of amides is 1. The van der Waals surface area contributed by atoms with Gasteiger partial charge in [-0.25, -0.2) is 4.98 Å². The van der Waals surface area contributed by atoms with Gasteiger partial charge in [-0.3, -0.25) is 4.79 Å². The highest BCUT2D eigenvalue weighted by Crippen LogP contribution is 2.23. The quantitative estimate of drug-likeness (QED) is 0.711. The minimum Gasteiger partial charge on any atom is -0.467 e. The van der Waals surface area contributed by atoms with Crippen LogP contribution in [0.25, 0.3) is 11.0 Å². The molecule has 2 N–H and O–H groups in total. The molecule has 1 amide bonds. The van der Waals surface area contributed by atoms with Crippen molar-refractivity contribution in [1.82, 2.24) is 15.3 Å². The van der Waals surface area contributed by atoms with Crippen molar-refractivity contribution >= 4 is 28.7 Å². The Kier molecular flexibility index (Phi) is 3.96. The summed E-state index contributed by atoms with van der Waals surface area (Å²) >= 11 is 1.41. The average molecular weight is 301 g/mol. The number of hydrogen-bond donors (Lipinski definition) is 2. The zero-order valence-electron chi connectivity index (χ0n) is 11.5. The Morgan fingerprint density at radius 2 is 2.24 bits per heavy atom. The van der Waals surface area contributed by atoms with Gasteiger partial charge in [-0.15, -0.1) is 0 Å². The summed E-state index contributed by atoms with van der Waals surface area (Å²) in [5.74, 6) is 0.696. The third kappa shape index (κ3) is 3.28. The Hall–Kier alpha value is -2.21. The highest BCUT2D eigenvalue weighted by Gasteiger charge is 2.16. The standard InChI is InChI=1S/C15H15N3O2S/c1-10(14(19)16-9-11-5-4-8-20-11)21-15-17-12-6-2-3-7-13(12)18-15/h2-8,10H,9H2,1H3,(H,16,19)(H,17,18)/t10-/m0/s1. The van der Waals surface area contributed by atoms with Gasteiger partial charge in [0, 0.05) is 0 Å². The molecule has 0 aliphatic carbocycles. The number of H-pyrrole nitrogens is 1. The van der Waals surface area contributed by atoms with Crippen LogP contribution in [0.2, 0.25) is 0 Å². The Morgan fingerprint density at radius 1 is 1.38 bits per heavy atom. The van der Waals surface area contributed by atoms with Crippen molar-refractivity contribution in [2.45, 2.75) is 23.9 Å². The van der Waals surface area contributed by atoms with Crippen molar-refractivity contribution in [3.63, 3.8) is 0 Å². The van der Waals surface area contributed by atoms with Crippen LogP contribution < -0.4 is 5.32 Å². The third-order valence-corrected chi connectivity index (χ3v) is 4.03. The molecule has 0 bridgehead atoms. The van der Waals surface area contributed by atoms with E-state index in [0.29, 0.717) is 6.54 Å². The first-order valence-corrected chi connectivity index (χ1v) is 7.52. The van der Waals surface area contributed by atoms with Crippen molar-refractivity contribution in [1.29, 1.82) is 0 Å². The molecule has 0 radical (unpaired) electrons. The Labute approximate surface area is 126 Å². The number of nitrogens with one attached hydrogen (secondary N) is 2. The molecule has 0 spiro atoms. The molecule has 108 valence electrons. The SMILES string of the molecule is C[C@H](Sc1nc2ccccc2[nH]1)C(=O)NCc1ccco1. The van der Waals surface area contributed by atoms with E-state index in [1.54, 1.807) is 12.3 Å². The maximum absolute atomic E-state index is 12.0. The molecular weight excluding hydrogens is 286 g/mol. The number of fused-ring (bicyclic) bond motifs is 1. The van der Waals surface area contributed by atoms with Crippen LogP contribution >= 0.6 is 11.8 Å². The van der Waals surface area contributed by atoms with Gasteiger partial charge >= 0.3 is 0 Å². The molecule has 3 aromatic rings. The van der Waals surface area contributed by atoms with E-state index in [9.17, 15) is 4.79 Å². The third-order valence-electron chi connectivity index (χ3n) is 3.04. The maximum Gasteiger partial charge on any atom is 0.233 e. The minimum atomic E-state index is -0.236. The number of aromatic amines is 1. The van der Waals surface area contributed by atoms with Gasteiger partial charge in [-0.2, -0.15) is 0 Å². The second-order valence-corrected chi connectivity index (χ2v) is 5.95. The molecule has 1 atom stereocenters.